The average Bonchev–Trinajstić information content (AvgIpc) is 3.48. The maximum absolute atomic E-state index is 5.01. The van der Waals surface area contributed by atoms with Gasteiger partial charge in [-0.25, -0.2) is 4.98 Å². The SMILES string of the molecule is Bc1c(B)c(B)c(-c2c3ccccc3c(-c3ccc(-n4c(CC)nc5ccccc54)c4ccccc34)c3ccccc23)c(B)c1B. The predicted molar refractivity (Wildman–Crippen MR) is 215 cm³/mol. The maximum Gasteiger partial charge on any atom is 0.139 e. The molecule has 1 heterocycles. The molecule has 214 valence electrons. The second-order valence-corrected chi connectivity index (χ2v) is 12.7. The molecular formula is C39H33B5N2. The molecule has 0 N–H and O–H groups in total. The molecule has 0 atom stereocenters. The number of para-hydroxylation sites is 2. The minimum absolute atomic E-state index is 0.859. The van der Waals surface area contributed by atoms with Crippen LogP contribution in [0.2, 0.25) is 0 Å². The fourth-order valence-electron chi connectivity index (χ4n) is 7.84. The first-order chi connectivity index (χ1) is 22.4. The van der Waals surface area contributed by atoms with Crippen LogP contribution in [-0.2, 0) is 6.42 Å². The van der Waals surface area contributed by atoms with E-state index in [1.807, 2.05) is 0 Å². The van der Waals surface area contributed by atoms with E-state index in [2.05, 4.69) is 160 Å². The van der Waals surface area contributed by atoms with Gasteiger partial charge in [0.05, 0.1) is 16.7 Å². The lowest BCUT2D eigenvalue weighted by atomic mass is 9.59. The minimum atomic E-state index is 0.859. The van der Waals surface area contributed by atoms with Crippen LogP contribution in [0, 0.1) is 0 Å². The van der Waals surface area contributed by atoms with Crippen LogP contribution in [0.1, 0.15) is 12.7 Å². The lowest BCUT2D eigenvalue weighted by Crippen LogP contribution is -2.55. The van der Waals surface area contributed by atoms with Crippen LogP contribution in [-0.4, -0.2) is 48.8 Å². The lowest BCUT2D eigenvalue weighted by Gasteiger charge is -2.25. The summed E-state index contributed by atoms with van der Waals surface area (Å²) in [6.07, 6.45) is 0.859. The highest BCUT2D eigenvalue weighted by Crippen LogP contribution is 2.45. The zero-order valence-electron chi connectivity index (χ0n) is 27.5. The van der Waals surface area contributed by atoms with E-state index in [9.17, 15) is 0 Å². The van der Waals surface area contributed by atoms with Gasteiger partial charge in [0.15, 0.2) is 0 Å². The Morgan fingerprint density at radius 1 is 0.478 bits per heavy atom. The van der Waals surface area contributed by atoms with Gasteiger partial charge in [0.1, 0.15) is 45.1 Å². The van der Waals surface area contributed by atoms with Crippen LogP contribution >= 0.6 is 0 Å². The molecule has 0 aliphatic heterocycles. The zero-order valence-corrected chi connectivity index (χ0v) is 27.5. The maximum atomic E-state index is 5.01. The van der Waals surface area contributed by atoms with Gasteiger partial charge in [0.25, 0.3) is 0 Å². The van der Waals surface area contributed by atoms with E-state index in [-0.39, 0.29) is 0 Å². The van der Waals surface area contributed by atoms with E-state index in [0.717, 1.165) is 23.3 Å². The molecule has 0 radical (unpaired) electrons. The van der Waals surface area contributed by atoms with Crippen molar-refractivity contribution < 1.29 is 0 Å². The Labute approximate surface area is 274 Å². The van der Waals surface area contributed by atoms with Crippen LogP contribution < -0.4 is 27.3 Å². The summed E-state index contributed by atoms with van der Waals surface area (Å²) in [6.45, 7) is 2.19. The molecule has 0 aliphatic carbocycles. The molecule has 0 amide bonds. The number of fused-ring (bicyclic) bond motifs is 4. The van der Waals surface area contributed by atoms with Gasteiger partial charge >= 0.3 is 0 Å². The van der Waals surface area contributed by atoms with Crippen molar-refractivity contribution >= 4 is 110 Å². The van der Waals surface area contributed by atoms with Crippen LogP contribution in [0.4, 0.5) is 0 Å². The Morgan fingerprint density at radius 3 is 1.54 bits per heavy atom. The number of aromatic nitrogens is 2. The van der Waals surface area contributed by atoms with Crippen molar-refractivity contribution in [2.45, 2.75) is 13.3 Å². The molecule has 0 fully saturated rings. The number of benzene rings is 7. The predicted octanol–water partition coefficient (Wildman–Crippen LogP) is 1.67. The molecule has 46 heavy (non-hydrogen) atoms. The summed E-state index contributed by atoms with van der Waals surface area (Å²) in [5, 5.41) is 7.64. The third-order valence-electron chi connectivity index (χ3n) is 10.5. The Kier molecular flexibility index (Phi) is 6.76. The van der Waals surface area contributed by atoms with E-state index in [0.29, 0.717) is 0 Å². The fraction of sp³-hybridized carbons (Fsp3) is 0.0513. The summed E-state index contributed by atoms with van der Waals surface area (Å²) >= 11 is 0. The number of aryl methyl sites for hydroxylation is 1. The van der Waals surface area contributed by atoms with Crippen molar-refractivity contribution in [3.05, 3.63) is 115 Å². The molecule has 7 aromatic carbocycles. The minimum Gasteiger partial charge on any atom is -0.296 e. The number of rotatable bonds is 4. The van der Waals surface area contributed by atoms with Gasteiger partial charge in [0.2, 0.25) is 0 Å². The van der Waals surface area contributed by atoms with Crippen molar-refractivity contribution in [2.24, 2.45) is 0 Å². The molecule has 8 aromatic rings. The average molecular weight is 584 g/mol. The normalized spacial score (nSPS) is 11.7. The molecular weight excluding hydrogens is 551 g/mol. The monoisotopic (exact) mass is 584 g/mol. The third-order valence-corrected chi connectivity index (χ3v) is 10.5. The van der Waals surface area contributed by atoms with Gasteiger partial charge < -0.3 is 0 Å². The van der Waals surface area contributed by atoms with Crippen molar-refractivity contribution in [2.75, 3.05) is 0 Å². The van der Waals surface area contributed by atoms with Gasteiger partial charge in [-0.2, -0.15) is 0 Å². The number of hydrogen-bond acceptors (Lipinski definition) is 1. The van der Waals surface area contributed by atoms with Crippen LogP contribution in [0.25, 0.3) is 71.3 Å². The first-order valence-corrected chi connectivity index (χ1v) is 16.4. The van der Waals surface area contributed by atoms with Crippen molar-refractivity contribution in [1.29, 1.82) is 0 Å². The molecule has 0 saturated heterocycles. The number of hydrogen-bond donors (Lipinski definition) is 0. The Hall–Kier alpha value is -4.89. The van der Waals surface area contributed by atoms with Crippen LogP contribution in [0.15, 0.2) is 109 Å². The Morgan fingerprint density at radius 2 is 0.957 bits per heavy atom. The Balaban J connectivity index is 1.50. The summed E-state index contributed by atoms with van der Waals surface area (Å²) in [5.41, 5.74) is 15.5. The van der Waals surface area contributed by atoms with E-state index in [1.54, 1.807) is 0 Å². The highest BCUT2D eigenvalue weighted by atomic mass is 15.1. The van der Waals surface area contributed by atoms with Crippen LogP contribution in [0.5, 0.6) is 0 Å². The van der Waals surface area contributed by atoms with E-state index >= 15 is 0 Å². The molecule has 0 unspecified atom stereocenters. The second-order valence-electron chi connectivity index (χ2n) is 12.7. The lowest BCUT2D eigenvalue weighted by molar-refractivity contribution is 0.913. The first-order valence-electron chi connectivity index (χ1n) is 16.4. The van der Waals surface area contributed by atoms with E-state index < -0.39 is 0 Å². The molecule has 1 aromatic heterocycles. The van der Waals surface area contributed by atoms with Crippen molar-refractivity contribution in [1.82, 2.24) is 9.55 Å². The smallest absolute Gasteiger partial charge is 0.139 e. The topological polar surface area (TPSA) is 17.8 Å². The van der Waals surface area contributed by atoms with Crippen molar-refractivity contribution in [3.63, 3.8) is 0 Å². The largest absolute Gasteiger partial charge is 0.296 e. The highest BCUT2D eigenvalue weighted by molar-refractivity contribution is 6.69. The second kappa shape index (κ2) is 10.9. The molecule has 0 saturated carbocycles. The number of nitrogens with zero attached hydrogens (tertiary/aromatic N) is 2. The van der Waals surface area contributed by atoms with Gasteiger partial charge in [0, 0.05) is 11.8 Å². The van der Waals surface area contributed by atoms with Gasteiger partial charge in [-0.1, -0.05) is 109 Å². The van der Waals surface area contributed by atoms with E-state index in [1.165, 1.54) is 87.6 Å². The van der Waals surface area contributed by atoms with Crippen molar-refractivity contribution in [3.8, 4) is 27.9 Å². The summed E-state index contributed by atoms with van der Waals surface area (Å²) in [5.74, 6) is 1.08. The highest BCUT2D eigenvalue weighted by Gasteiger charge is 2.22. The fourth-order valence-corrected chi connectivity index (χ4v) is 7.84. The zero-order chi connectivity index (χ0) is 31.7. The summed E-state index contributed by atoms with van der Waals surface area (Å²) in [7, 11) is 11.4. The quantitative estimate of drug-likeness (QED) is 0.228. The molecule has 8 rings (SSSR count). The molecule has 0 aliphatic rings. The molecule has 0 bridgehead atoms. The summed E-state index contributed by atoms with van der Waals surface area (Å²) < 4.78 is 2.36. The first kappa shape index (κ1) is 28.6. The molecule has 7 heteroatoms. The molecule has 0 spiro atoms. The van der Waals surface area contributed by atoms with Crippen LogP contribution in [0.3, 0.4) is 0 Å². The van der Waals surface area contributed by atoms with Gasteiger partial charge in [-0.05, 0) is 67.4 Å². The molecule has 2 nitrogen and oxygen atoms in total. The number of imidazole rings is 1. The van der Waals surface area contributed by atoms with Gasteiger partial charge in [-0.15, -0.1) is 16.4 Å². The van der Waals surface area contributed by atoms with Gasteiger partial charge in [-0.3, -0.25) is 4.57 Å². The summed E-state index contributed by atoms with van der Waals surface area (Å²) in [6, 6.07) is 40.1. The standard InChI is InChI=1S/C39H33B5N2/c1-2-31-45-28-17-9-10-18-30(28)46(31)29-20-19-27(21-11-3-4-12-22(21)29)32-23-13-5-7-15-25(23)33(26-16-8-6-14-24(26)32)34-35(40)37(42)39(44)38(43)36(34)41/h3-20H,2,40-44H2,1H3. The third kappa shape index (κ3) is 4.07. The summed E-state index contributed by atoms with van der Waals surface area (Å²) in [4.78, 5) is 5.01. The van der Waals surface area contributed by atoms with E-state index in [4.69, 9.17) is 4.98 Å². The Bertz CT molecular complexity index is 2450.